The molecule has 0 bridgehead atoms. The molecule has 0 amide bonds. The van der Waals surface area contributed by atoms with Crippen LogP contribution in [0, 0.1) is 11.7 Å². The van der Waals surface area contributed by atoms with Crippen LogP contribution in [0.1, 0.15) is 36.0 Å². The van der Waals surface area contributed by atoms with E-state index in [0.717, 1.165) is 22.4 Å². The van der Waals surface area contributed by atoms with E-state index < -0.39 is 5.97 Å². The molecule has 5 heteroatoms. The molecule has 0 aliphatic heterocycles. The van der Waals surface area contributed by atoms with Crippen molar-refractivity contribution in [3.63, 3.8) is 0 Å². The Morgan fingerprint density at radius 2 is 1.95 bits per heavy atom. The molecule has 2 rings (SSSR count). The van der Waals surface area contributed by atoms with Gasteiger partial charge in [-0.3, -0.25) is 0 Å². The summed E-state index contributed by atoms with van der Waals surface area (Å²) in [5.74, 6) is -0.473. The number of carbonyl (C=O) groups is 1. The third kappa shape index (κ3) is 3.47. The van der Waals surface area contributed by atoms with Gasteiger partial charge in [0, 0.05) is 10.4 Å². The monoisotopic (exact) mass is 321 g/mol. The molecule has 0 aliphatic carbocycles. The number of carbonyl (C=O) groups excluding carboxylic acids is 1. The van der Waals surface area contributed by atoms with E-state index in [2.05, 4.69) is 0 Å². The minimum absolute atomic E-state index is 0.253. The number of hydrogen-bond donors (Lipinski definition) is 1. The molecule has 3 nitrogen and oxygen atoms in total. The van der Waals surface area contributed by atoms with Gasteiger partial charge in [0.05, 0.1) is 6.61 Å². The van der Waals surface area contributed by atoms with Crippen molar-refractivity contribution in [3.05, 3.63) is 40.5 Å². The summed E-state index contributed by atoms with van der Waals surface area (Å²) in [7, 11) is 0. The Morgan fingerprint density at radius 1 is 1.32 bits per heavy atom. The Bertz CT molecular complexity index is 662. The van der Waals surface area contributed by atoms with Gasteiger partial charge >= 0.3 is 5.97 Å². The number of hydrogen-bond acceptors (Lipinski definition) is 4. The SMILES string of the molecule is CCc1sc(N)c(C(=O)OCC(C)C)c1-c1ccc(F)cc1. The Labute approximate surface area is 133 Å². The van der Waals surface area contributed by atoms with Crippen LogP contribution < -0.4 is 5.73 Å². The molecule has 0 radical (unpaired) electrons. The molecule has 0 saturated carbocycles. The number of ether oxygens (including phenoxy) is 1. The summed E-state index contributed by atoms with van der Waals surface area (Å²) in [5, 5.41) is 0.449. The number of benzene rings is 1. The van der Waals surface area contributed by atoms with Crippen molar-refractivity contribution in [1.29, 1.82) is 0 Å². The zero-order chi connectivity index (χ0) is 16.3. The summed E-state index contributed by atoms with van der Waals surface area (Å²) in [6, 6.07) is 6.09. The molecule has 2 aromatic rings. The van der Waals surface area contributed by atoms with Crippen LogP contribution in [0.5, 0.6) is 0 Å². The fourth-order valence-electron chi connectivity index (χ4n) is 2.19. The molecule has 1 heterocycles. The van der Waals surface area contributed by atoms with Crippen molar-refractivity contribution < 1.29 is 13.9 Å². The van der Waals surface area contributed by atoms with Crippen molar-refractivity contribution in [2.45, 2.75) is 27.2 Å². The molecule has 0 aliphatic rings. The fraction of sp³-hybridized carbons (Fsp3) is 0.353. The minimum atomic E-state index is -0.415. The van der Waals surface area contributed by atoms with E-state index in [1.807, 2.05) is 20.8 Å². The molecular weight excluding hydrogens is 301 g/mol. The van der Waals surface area contributed by atoms with Crippen molar-refractivity contribution in [2.75, 3.05) is 12.3 Å². The number of halogens is 1. The predicted octanol–water partition coefficient (Wildman–Crippen LogP) is 4.51. The molecule has 0 fully saturated rings. The van der Waals surface area contributed by atoms with Crippen LogP contribution in [0.3, 0.4) is 0 Å². The van der Waals surface area contributed by atoms with Crippen molar-refractivity contribution in [1.82, 2.24) is 0 Å². The molecule has 2 N–H and O–H groups in total. The first-order chi connectivity index (χ1) is 10.4. The Hall–Kier alpha value is -1.88. The number of thiophene rings is 1. The van der Waals surface area contributed by atoms with Gasteiger partial charge in [-0.1, -0.05) is 32.9 Å². The molecule has 118 valence electrons. The number of anilines is 1. The Kier molecular flexibility index (Phi) is 5.19. The van der Waals surface area contributed by atoms with Crippen LogP contribution in [0.2, 0.25) is 0 Å². The van der Waals surface area contributed by atoms with Gasteiger partial charge in [-0.2, -0.15) is 0 Å². The summed E-state index contributed by atoms with van der Waals surface area (Å²) in [6.45, 7) is 6.30. The first kappa shape index (κ1) is 16.5. The zero-order valence-corrected chi connectivity index (χ0v) is 13.8. The largest absolute Gasteiger partial charge is 0.462 e. The number of nitrogen functional groups attached to an aromatic ring is 1. The normalized spacial score (nSPS) is 11.0. The number of rotatable bonds is 5. The smallest absolute Gasteiger partial charge is 0.341 e. The highest BCUT2D eigenvalue weighted by atomic mass is 32.1. The van der Waals surface area contributed by atoms with Gasteiger partial charge in [0.25, 0.3) is 0 Å². The second-order valence-electron chi connectivity index (χ2n) is 5.49. The molecule has 1 aromatic heterocycles. The average Bonchev–Trinajstić information content (AvgIpc) is 2.82. The Morgan fingerprint density at radius 3 is 2.50 bits per heavy atom. The third-order valence-corrected chi connectivity index (χ3v) is 4.38. The zero-order valence-electron chi connectivity index (χ0n) is 13.0. The molecule has 1 aromatic carbocycles. The summed E-state index contributed by atoms with van der Waals surface area (Å²) >= 11 is 1.39. The first-order valence-electron chi connectivity index (χ1n) is 7.28. The van der Waals surface area contributed by atoms with Crippen molar-refractivity contribution in [3.8, 4) is 11.1 Å². The highest BCUT2D eigenvalue weighted by Gasteiger charge is 2.24. The van der Waals surface area contributed by atoms with E-state index in [9.17, 15) is 9.18 Å². The van der Waals surface area contributed by atoms with Gasteiger partial charge < -0.3 is 10.5 Å². The molecule has 0 saturated heterocycles. The summed E-state index contributed by atoms with van der Waals surface area (Å²) in [4.78, 5) is 13.4. The Balaban J connectivity index is 2.47. The van der Waals surface area contributed by atoms with Crippen molar-refractivity contribution in [2.24, 2.45) is 5.92 Å². The van der Waals surface area contributed by atoms with E-state index >= 15 is 0 Å². The number of esters is 1. The number of nitrogens with two attached hydrogens (primary N) is 1. The van der Waals surface area contributed by atoms with Gasteiger partial charge in [0.1, 0.15) is 16.4 Å². The van der Waals surface area contributed by atoms with Crippen molar-refractivity contribution >= 4 is 22.3 Å². The van der Waals surface area contributed by atoms with E-state index in [-0.39, 0.29) is 11.7 Å². The summed E-state index contributed by atoms with van der Waals surface area (Å²) in [6.07, 6.45) is 0.749. The molecule has 22 heavy (non-hydrogen) atoms. The summed E-state index contributed by atoms with van der Waals surface area (Å²) < 4.78 is 18.5. The average molecular weight is 321 g/mol. The molecule has 0 atom stereocenters. The van der Waals surface area contributed by atoms with Gasteiger partial charge in [0.15, 0.2) is 0 Å². The van der Waals surface area contributed by atoms with Gasteiger partial charge in [-0.25, -0.2) is 9.18 Å². The van der Waals surface area contributed by atoms with Gasteiger partial charge in [0.2, 0.25) is 0 Å². The standard InChI is InChI=1S/C17H20FNO2S/c1-4-13-14(11-5-7-12(18)8-6-11)15(16(19)22-13)17(20)21-9-10(2)3/h5-8,10H,4,9,19H2,1-3H3. The summed E-state index contributed by atoms with van der Waals surface area (Å²) in [5.41, 5.74) is 7.98. The van der Waals surface area contributed by atoms with E-state index in [1.54, 1.807) is 12.1 Å². The highest BCUT2D eigenvalue weighted by Crippen LogP contribution is 2.39. The van der Waals surface area contributed by atoms with E-state index in [0.29, 0.717) is 17.2 Å². The van der Waals surface area contributed by atoms with Gasteiger partial charge in [-0.15, -0.1) is 11.3 Å². The second kappa shape index (κ2) is 6.92. The lowest BCUT2D eigenvalue weighted by Crippen LogP contribution is -2.12. The van der Waals surface area contributed by atoms with Crippen LogP contribution in [-0.2, 0) is 11.2 Å². The molecular formula is C17H20FNO2S. The maximum Gasteiger partial charge on any atom is 0.341 e. The quantitative estimate of drug-likeness (QED) is 0.824. The fourth-order valence-corrected chi connectivity index (χ4v) is 3.20. The lowest BCUT2D eigenvalue weighted by Gasteiger charge is -2.10. The second-order valence-corrected chi connectivity index (χ2v) is 6.63. The number of aryl methyl sites for hydroxylation is 1. The van der Waals surface area contributed by atoms with Crippen LogP contribution in [0.4, 0.5) is 9.39 Å². The predicted molar refractivity (Wildman–Crippen MR) is 88.6 cm³/mol. The minimum Gasteiger partial charge on any atom is -0.462 e. The molecule has 0 spiro atoms. The van der Waals surface area contributed by atoms with Crippen LogP contribution in [0.25, 0.3) is 11.1 Å². The van der Waals surface area contributed by atoms with Gasteiger partial charge in [-0.05, 0) is 30.0 Å². The highest BCUT2D eigenvalue weighted by molar-refractivity contribution is 7.17. The molecule has 0 unspecified atom stereocenters. The maximum atomic E-state index is 13.1. The third-order valence-electron chi connectivity index (χ3n) is 3.21. The first-order valence-corrected chi connectivity index (χ1v) is 8.09. The van der Waals surface area contributed by atoms with E-state index in [4.69, 9.17) is 10.5 Å². The lowest BCUT2D eigenvalue weighted by atomic mass is 10.00. The van der Waals surface area contributed by atoms with Crippen LogP contribution in [0.15, 0.2) is 24.3 Å². The topological polar surface area (TPSA) is 52.3 Å². The van der Waals surface area contributed by atoms with Crippen LogP contribution >= 0.6 is 11.3 Å². The van der Waals surface area contributed by atoms with E-state index in [1.165, 1.54) is 23.5 Å². The van der Waals surface area contributed by atoms with Crippen LogP contribution in [-0.4, -0.2) is 12.6 Å². The maximum absolute atomic E-state index is 13.1. The lowest BCUT2D eigenvalue weighted by molar-refractivity contribution is 0.0461.